The number of guanidine groups is 1. The molecule has 0 aliphatic rings. The van der Waals surface area contributed by atoms with Crippen LogP contribution in [0.3, 0.4) is 0 Å². The molecule has 0 atom stereocenters. The van der Waals surface area contributed by atoms with Gasteiger partial charge in [0.25, 0.3) is 0 Å². The van der Waals surface area contributed by atoms with Crippen LogP contribution in [0.1, 0.15) is 11.3 Å². The highest BCUT2D eigenvalue weighted by Crippen LogP contribution is 2.22. The van der Waals surface area contributed by atoms with Crippen LogP contribution in [0.15, 0.2) is 65.2 Å². The minimum Gasteiger partial charge on any atom is -0.489 e. The first-order chi connectivity index (χ1) is 11.7. The largest absolute Gasteiger partial charge is 0.489 e. The standard InChI is InChI=1S/C18H18N4O2/c19-18(20)21-11-16-10-17(22-24-16)14-6-8-15(9-7-14)23-12-13-4-2-1-3-5-13/h1-10H,11-12H2,(H4,19,20,21). The summed E-state index contributed by atoms with van der Waals surface area (Å²) in [5.41, 5.74) is 8.02. The summed E-state index contributed by atoms with van der Waals surface area (Å²) in [6.45, 7) is 0.867. The molecule has 122 valence electrons. The minimum atomic E-state index is -0.104. The molecule has 2 aromatic carbocycles. The summed E-state index contributed by atoms with van der Waals surface area (Å²) in [4.78, 5) is 0. The Morgan fingerprint density at radius 2 is 1.88 bits per heavy atom. The van der Waals surface area contributed by atoms with E-state index in [2.05, 4.69) is 10.5 Å². The molecule has 6 heteroatoms. The van der Waals surface area contributed by atoms with Crippen molar-refractivity contribution in [3.8, 4) is 17.0 Å². The van der Waals surface area contributed by atoms with Gasteiger partial charge in [-0.2, -0.15) is 0 Å². The number of ether oxygens (including phenoxy) is 1. The number of benzene rings is 2. The van der Waals surface area contributed by atoms with E-state index in [1.165, 1.54) is 0 Å². The fraction of sp³-hybridized carbons (Fsp3) is 0.111. The van der Waals surface area contributed by atoms with Crippen molar-refractivity contribution in [2.45, 2.75) is 13.2 Å². The van der Waals surface area contributed by atoms with Crippen LogP contribution in [0, 0.1) is 5.41 Å². The zero-order valence-corrected chi connectivity index (χ0v) is 13.0. The highest BCUT2D eigenvalue weighted by molar-refractivity contribution is 5.74. The second-order valence-electron chi connectivity index (χ2n) is 5.24. The van der Waals surface area contributed by atoms with E-state index >= 15 is 0 Å². The Morgan fingerprint density at radius 3 is 2.58 bits per heavy atom. The molecule has 0 amide bonds. The Hall–Kier alpha value is -3.28. The maximum Gasteiger partial charge on any atom is 0.186 e. The van der Waals surface area contributed by atoms with Gasteiger partial charge >= 0.3 is 0 Å². The van der Waals surface area contributed by atoms with Crippen molar-refractivity contribution in [2.24, 2.45) is 5.73 Å². The molecule has 0 saturated heterocycles. The molecular formula is C18H18N4O2. The van der Waals surface area contributed by atoms with Gasteiger partial charge in [-0.1, -0.05) is 35.5 Å². The van der Waals surface area contributed by atoms with Crippen LogP contribution in [0.5, 0.6) is 5.75 Å². The lowest BCUT2D eigenvalue weighted by Gasteiger charge is -2.06. The monoisotopic (exact) mass is 322 g/mol. The zero-order chi connectivity index (χ0) is 16.8. The van der Waals surface area contributed by atoms with Gasteiger partial charge < -0.3 is 20.3 Å². The molecule has 0 radical (unpaired) electrons. The van der Waals surface area contributed by atoms with Crippen LogP contribution in [0.25, 0.3) is 11.3 Å². The molecule has 0 fully saturated rings. The Bertz CT molecular complexity index is 797. The van der Waals surface area contributed by atoms with Crippen molar-refractivity contribution in [3.05, 3.63) is 72.0 Å². The predicted octanol–water partition coefficient (Wildman–Crippen LogP) is 2.90. The Balaban J connectivity index is 1.61. The quantitative estimate of drug-likeness (QED) is 0.479. The molecular weight excluding hydrogens is 304 g/mol. The number of aromatic nitrogens is 1. The number of nitrogens with two attached hydrogens (primary N) is 1. The minimum absolute atomic E-state index is 0.104. The summed E-state index contributed by atoms with van der Waals surface area (Å²) in [5, 5.41) is 13.8. The van der Waals surface area contributed by atoms with E-state index < -0.39 is 0 Å². The highest BCUT2D eigenvalue weighted by Gasteiger charge is 2.07. The third-order valence-corrected chi connectivity index (χ3v) is 3.41. The summed E-state index contributed by atoms with van der Waals surface area (Å²) in [6.07, 6.45) is 0. The van der Waals surface area contributed by atoms with Crippen LogP contribution >= 0.6 is 0 Å². The second-order valence-corrected chi connectivity index (χ2v) is 5.24. The zero-order valence-electron chi connectivity index (χ0n) is 13.0. The summed E-state index contributed by atoms with van der Waals surface area (Å²) >= 11 is 0. The molecule has 6 nitrogen and oxygen atoms in total. The van der Waals surface area contributed by atoms with Crippen molar-refractivity contribution in [1.82, 2.24) is 10.5 Å². The fourth-order valence-corrected chi connectivity index (χ4v) is 2.18. The van der Waals surface area contributed by atoms with Crippen LogP contribution in [0.2, 0.25) is 0 Å². The summed E-state index contributed by atoms with van der Waals surface area (Å²) in [6, 6.07) is 19.5. The van der Waals surface area contributed by atoms with Crippen molar-refractivity contribution in [1.29, 1.82) is 5.41 Å². The lowest BCUT2D eigenvalue weighted by molar-refractivity contribution is 0.306. The van der Waals surface area contributed by atoms with Gasteiger partial charge in [-0.3, -0.25) is 5.41 Å². The molecule has 24 heavy (non-hydrogen) atoms. The third-order valence-electron chi connectivity index (χ3n) is 3.41. The van der Waals surface area contributed by atoms with Crippen LogP contribution in [-0.2, 0) is 13.2 Å². The van der Waals surface area contributed by atoms with Gasteiger partial charge in [0.1, 0.15) is 18.1 Å². The smallest absolute Gasteiger partial charge is 0.186 e. The first-order valence-corrected chi connectivity index (χ1v) is 7.51. The van der Waals surface area contributed by atoms with E-state index in [9.17, 15) is 0 Å². The van der Waals surface area contributed by atoms with E-state index in [0.717, 1.165) is 22.6 Å². The number of rotatable bonds is 6. The highest BCUT2D eigenvalue weighted by atomic mass is 16.5. The van der Waals surface area contributed by atoms with Gasteiger partial charge in [0.15, 0.2) is 11.7 Å². The normalized spacial score (nSPS) is 10.3. The van der Waals surface area contributed by atoms with E-state index in [-0.39, 0.29) is 5.96 Å². The van der Waals surface area contributed by atoms with Gasteiger partial charge in [-0.25, -0.2) is 0 Å². The molecule has 0 spiro atoms. The lowest BCUT2D eigenvalue weighted by atomic mass is 10.1. The SMILES string of the molecule is N=C(N)NCc1cc(-c2ccc(OCc3ccccc3)cc2)no1. The van der Waals surface area contributed by atoms with Crippen molar-refractivity contribution in [3.63, 3.8) is 0 Å². The third kappa shape index (κ3) is 4.13. The summed E-state index contributed by atoms with van der Waals surface area (Å²) in [7, 11) is 0. The molecule has 0 saturated carbocycles. The Morgan fingerprint density at radius 1 is 1.12 bits per heavy atom. The molecule has 3 rings (SSSR count). The van der Waals surface area contributed by atoms with Gasteiger partial charge in [0.2, 0.25) is 0 Å². The molecule has 0 aliphatic heterocycles. The van der Waals surface area contributed by atoms with Gasteiger partial charge in [0, 0.05) is 11.6 Å². The maximum atomic E-state index is 7.13. The fourth-order valence-electron chi connectivity index (χ4n) is 2.18. The number of nitrogens with zero attached hydrogens (tertiary/aromatic N) is 1. The second kappa shape index (κ2) is 7.32. The topological polar surface area (TPSA) is 97.2 Å². The Labute approximate surface area is 139 Å². The average Bonchev–Trinajstić information content (AvgIpc) is 3.08. The van der Waals surface area contributed by atoms with Crippen molar-refractivity contribution in [2.75, 3.05) is 0 Å². The van der Waals surface area contributed by atoms with E-state index in [0.29, 0.717) is 18.9 Å². The van der Waals surface area contributed by atoms with Crippen molar-refractivity contribution < 1.29 is 9.26 Å². The number of hydrogen-bond acceptors (Lipinski definition) is 4. The number of hydrogen-bond donors (Lipinski definition) is 3. The lowest BCUT2D eigenvalue weighted by Crippen LogP contribution is -2.29. The van der Waals surface area contributed by atoms with Crippen LogP contribution in [-0.4, -0.2) is 11.1 Å². The predicted molar refractivity (Wildman–Crippen MR) is 91.5 cm³/mol. The molecule has 0 bridgehead atoms. The molecule has 4 N–H and O–H groups in total. The molecule has 3 aromatic rings. The summed E-state index contributed by atoms with van der Waals surface area (Å²) < 4.78 is 11.0. The van der Waals surface area contributed by atoms with Gasteiger partial charge in [0.05, 0.1) is 6.54 Å². The molecule has 1 aromatic heterocycles. The molecule has 0 aliphatic carbocycles. The van der Waals surface area contributed by atoms with E-state index in [1.807, 2.05) is 60.7 Å². The average molecular weight is 322 g/mol. The molecule has 0 unspecified atom stereocenters. The van der Waals surface area contributed by atoms with E-state index in [4.69, 9.17) is 20.4 Å². The van der Waals surface area contributed by atoms with Crippen LogP contribution < -0.4 is 15.8 Å². The summed E-state index contributed by atoms with van der Waals surface area (Å²) in [5.74, 6) is 1.31. The first-order valence-electron chi connectivity index (χ1n) is 7.51. The van der Waals surface area contributed by atoms with Crippen LogP contribution in [0.4, 0.5) is 0 Å². The maximum absolute atomic E-state index is 7.13. The first kappa shape index (κ1) is 15.6. The van der Waals surface area contributed by atoms with Gasteiger partial charge in [-0.15, -0.1) is 0 Å². The Kier molecular flexibility index (Phi) is 4.76. The number of nitrogens with one attached hydrogen (secondary N) is 2. The van der Waals surface area contributed by atoms with E-state index in [1.54, 1.807) is 0 Å². The molecule has 1 heterocycles. The van der Waals surface area contributed by atoms with Gasteiger partial charge in [-0.05, 0) is 29.8 Å². The van der Waals surface area contributed by atoms with Crippen molar-refractivity contribution >= 4 is 5.96 Å².